The summed E-state index contributed by atoms with van der Waals surface area (Å²) in [6.07, 6.45) is 6.70. The van der Waals surface area contributed by atoms with Crippen molar-refractivity contribution >= 4 is 5.71 Å². The van der Waals surface area contributed by atoms with E-state index in [1.807, 2.05) is 6.92 Å². The van der Waals surface area contributed by atoms with Gasteiger partial charge in [0.05, 0.1) is 0 Å². The van der Waals surface area contributed by atoms with Gasteiger partial charge >= 0.3 is 0 Å². The number of nitrogens with two attached hydrogens (primary N) is 1. The van der Waals surface area contributed by atoms with E-state index in [-0.39, 0.29) is 0 Å². The molecular formula is C8H16N2. The van der Waals surface area contributed by atoms with Crippen molar-refractivity contribution in [1.29, 1.82) is 0 Å². The highest BCUT2D eigenvalue weighted by Gasteiger charge is 2.15. The van der Waals surface area contributed by atoms with Crippen molar-refractivity contribution in [2.45, 2.75) is 39.0 Å². The molecule has 10 heavy (non-hydrogen) atoms. The molecule has 0 bridgehead atoms. The van der Waals surface area contributed by atoms with Gasteiger partial charge in [0.15, 0.2) is 0 Å². The minimum atomic E-state index is 0.882. The van der Waals surface area contributed by atoms with E-state index in [2.05, 4.69) is 5.10 Å². The molecule has 0 aliphatic heterocycles. The van der Waals surface area contributed by atoms with Crippen LogP contribution < -0.4 is 5.84 Å². The van der Waals surface area contributed by atoms with Crippen LogP contribution in [0.2, 0.25) is 0 Å². The summed E-state index contributed by atoms with van der Waals surface area (Å²) in [5.74, 6) is 6.02. The number of hydrogen-bond donors (Lipinski definition) is 1. The van der Waals surface area contributed by atoms with Crippen LogP contribution in [0, 0.1) is 5.92 Å². The highest BCUT2D eigenvalue weighted by Crippen LogP contribution is 2.27. The monoisotopic (exact) mass is 140 g/mol. The average molecular weight is 140 g/mol. The lowest BCUT2D eigenvalue weighted by molar-refractivity contribution is 0.571. The van der Waals surface area contributed by atoms with Crippen molar-refractivity contribution in [1.82, 2.24) is 0 Å². The maximum absolute atomic E-state index is 5.14. The molecule has 0 saturated heterocycles. The molecule has 58 valence electrons. The number of hydrogen-bond acceptors (Lipinski definition) is 2. The first kappa shape index (κ1) is 7.58. The molecule has 0 aromatic heterocycles. The standard InChI is InChI=1S/C8H16N2/c1-7(10-9)6-8-4-2-3-5-8/h8H,2-6,9H2,1H3/b10-7+. The van der Waals surface area contributed by atoms with Crippen molar-refractivity contribution in [3.8, 4) is 0 Å². The third kappa shape index (κ3) is 2.01. The summed E-state index contributed by atoms with van der Waals surface area (Å²) >= 11 is 0. The maximum Gasteiger partial charge on any atom is 0.0347 e. The molecule has 0 heterocycles. The average Bonchev–Trinajstić information content (AvgIpc) is 2.40. The van der Waals surface area contributed by atoms with Crippen molar-refractivity contribution in [3.63, 3.8) is 0 Å². The van der Waals surface area contributed by atoms with Crippen LogP contribution in [-0.4, -0.2) is 5.71 Å². The Hall–Kier alpha value is -0.530. The second-order valence-electron chi connectivity index (χ2n) is 3.22. The smallest absolute Gasteiger partial charge is 0.0347 e. The fraction of sp³-hybridized carbons (Fsp3) is 0.875. The van der Waals surface area contributed by atoms with Gasteiger partial charge in [-0.15, -0.1) is 0 Å². The van der Waals surface area contributed by atoms with Crippen LogP contribution in [0.3, 0.4) is 0 Å². The Balaban J connectivity index is 2.24. The lowest BCUT2D eigenvalue weighted by atomic mass is 10.0. The quantitative estimate of drug-likeness (QED) is 0.355. The molecule has 0 amide bonds. The number of rotatable bonds is 2. The first-order chi connectivity index (χ1) is 4.83. The second-order valence-corrected chi connectivity index (χ2v) is 3.22. The molecule has 1 aliphatic rings. The van der Waals surface area contributed by atoms with Crippen LogP contribution in [0.4, 0.5) is 0 Å². The molecule has 0 aromatic rings. The van der Waals surface area contributed by atoms with Crippen LogP contribution in [-0.2, 0) is 0 Å². The van der Waals surface area contributed by atoms with Crippen molar-refractivity contribution in [2.24, 2.45) is 16.9 Å². The predicted octanol–water partition coefficient (Wildman–Crippen LogP) is 1.90. The lowest BCUT2D eigenvalue weighted by Gasteiger charge is -2.05. The minimum absolute atomic E-state index is 0.882. The zero-order valence-electron chi connectivity index (χ0n) is 6.64. The van der Waals surface area contributed by atoms with Gasteiger partial charge in [-0.25, -0.2) is 0 Å². The Labute approximate surface area is 62.5 Å². The molecular weight excluding hydrogens is 124 g/mol. The van der Waals surface area contributed by atoms with E-state index in [1.165, 1.54) is 25.7 Å². The van der Waals surface area contributed by atoms with E-state index in [0.717, 1.165) is 18.1 Å². The Morgan fingerprint density at radius 1 is 1.50 bits per heavy atom. The third-order valence-corrected chi connectivity index (χ3v) is 2.28. The molecule has 1 aliphatic carbocycles. The van der Waals surface area contributed by atoms with Gasteiger partial charge in [0.2, 0.25) is 0 Å². The summed E-state index contributed by atoms with van der Waals surface area (Å²) in [5.41, 5.74) is 1.10. The largest absolute Gasteiger partial charge is 0.323 e. The highest BCUT2D eigenvalue weighted by atomic mass is 15.1. The van der Waals surface area contributed by atoms with Gasteiger partial charge in [0, 0.05) is 5.71 Å². The van der Waals surface area contributed by atoms with Gasteiger partial charge in [-0.05, 0) is 19.3 Å². The molecule has 2 nitrogen and oxygen atoms in total. The normalized spacial score (nSPS) is 21.9. The molecule has 2 N–H and O–H groups in total. The van der Waals surface area contributed by atoms with E-state index < -0.39 is 0 Å². The first-order valence-electron chi connectivity index (χ1n) is 4.06. The summed E-state index contributed by atoms with van der Waals surface area (Å²) in [7, 11) is 0. The molecule has 0 atom stereocenters. The number of nitrogens with zero attached hydrogens (tertiary/aromatic N) is 1. The summed E-state index contributed by atoms with van der Waals surface area (Å²) in [5, 5.41) is 3.67. The minimum Gasteiger partial charge on any atom is -0.323 e. The Morgan fingerprint density at radius 3 is 2.60 bits per heavy atom. The van der Waals surface area contributed by atoms with Crippen molar-refractivity contribution in [2.75, 3.05) is 0 Å². The topological polar surface area (TPSA) is 38.4 Å². The zero-order chi connectivity index (χ0) is 7.40. The molecule has 1 rings (SSSR count). The Morgan fingerprint density at radius 2 is 2.10 bits per heavy atom. The second kappa shape index (κ2) is 3.59. The summed E-state index contributed by atoms with van der Waals surface area (Å²) in [4.78, 5) is 0. The van der Waals surface area contributed by atoms with Crippen LogP contribution >= 0.6 is 0 Å². The Kier molecular flexibility index (Phi) is 2.72. The van der Waals surface area contributed by atoms with Gasteiger partial charge in [-0.2, -0.15) is 5.10 Å². The summed E-state index contributed by atoms with van der Waals surface area (Å²) in [6, 6.07) is 0. The third-order valence-electron chi connectivity index (χ3n) is 2.28. The number of hydrazone groups is 1. The fourth-order valence-electron chi connectivity index (χ4n) is 1.68. The summed E-state index contributed by atoms with van der Waals surface area (Å²) < 4.78 is 0. The SMILES string of the molecule is C/C(CC1CCCC1)=N\N. The fourth-order valence-corrected chi connectivity index (χ4v) is 1.68. The molecule has 1 saturated carbocycles. The van der Waals surface area contributed by atoms with Crippen molar-refractivity contribution < 1.29 is 0 Å². The highest BCUT2D eigenvalue weighted by molar-refractivity contribution is 5.81. The Bertz CT molecular complexity index is 123. The van der Waals surface area contributed by atoms with Crippen LogP contribution in [0.15, 0.2) is 5.10 Å². The van der Waals surface area contributed by atoms with Gasteiger partial charge in [-0.1, -0.05) is 25.7 Å². The van der Waals surface area contributed by atoms with E-state index in [1.54, 1.807) is 0 Å². The molecule has 0 radical (unpaired) electrons. The molecule has 0 unspecified atom stereocenters. The van der Waals surface area contributed by atoms with E-state index in [0.29, 0.717) is 0 Å². The lowest BCUT2D eigenvalue weighted by Crippen LogP contribution is -2.03. The predicted molar refractivity (Wildman–Crippen MR) is 43.9 cm³/mol. The van der Waals surface area contributed by atoms with Gasteiger partial charge < -0.3 is 5.84 Å². The molecule has 1 fully saturated rings. The van der Waals surface area contributed by atoms with Gasteiger partial charge in [0.25, 0.3) is 0 Å². The van der Waals surface area contributed by atoms with Gasteiger partial charge in [0.1, 0.15) is 0 Å². The van der Waals surface area contributed by atoms with Crippen LogP contribution in [0.5, 0.6) is 0 Å². The van der Waals surface area contributed by atoms with E-state index in [9.17, 15) is 0 Å². The maximum atomic E-state index is 5.14. The van der Waals surface area contributed by atoms with Crippen LogP contribution in [0.25, 0.3) is 0 Å². The van der Waals surface area contributed by atoms with Crippen LogP contribution in [0.1, 0.15) is 39.0 Å². The molecule has 0 spiro atoms. The van der Waals surface area contributed by atoms with E-state index >= 15 is 0 Å². The van der Waals surface area contributed by atoms with Crippen molar-refractivity contribution in [3.05, 3.63) is 0 Å². The first-order valence-corrected chi connectivity index (χ1v) is 4.06. The molecule has 0 aromatic carbocycles. The van der Waals surface area contributed by atoms with Gasteiger partial charge in [-0.3, -0.25) is 0 Å². The summed E-state index contributed by atoms with van der Waals surface area (Å²) in [6.45, 7) is 2.01. The van der Waals surface area contributed by atoms with E-state index in [4.69, 9.17) is 5.84 Å². The molecule has 2 heteroatoms. The zero-order valence-corrected chi connectivity index (χ0v) is 6.64.